The van der Waals surface area contributed by atoms with Gasteiger partial charge in [0.25, 0.3) is 0 Å². The Balaban J connectivity index is 0.000000426. The van der Waals surface area contributed by atoms with E-state index >= 15 is 0 Å². The highest BCUT2D eigenvalue weighted by molar-refractivity contribution is 7.89. The largest absolute Gasteiger partial charge is 0.490 e. The van der Waals surface area contributed by atoms with Crippen molar-refractivity contribution in [3.63, 3.8) is 0 Å². The molecule has 1 saturated heterocycles. The van der Waals surface area contributed by atoms with E-state index in [1.807, 2.05) is 0 Å². The van der Waals surface area contributed by atoms with Crippen molar-refractivity contribution in [3.8, 4) is 0 Å². The van der Waals surface area contributed by atoms with Crippen LogP contribution in [0.3, 0.4) is 0 Å². The number of hydrogen-bond acceptors (Lipinski definition) is 7. The molecule has 38 heavy (non-hydrogen) atoms. The molecule has 11 nitrogen and oxygen atoms in total. The third-order valence-corrected chi connectivity index (χ3v) is 7.43. The van der Waals surface area contributed by atoms with Crippen LogP contribution in [-0.2, 0) is 24.4 Å². The standard InChI is InChI=1S/C16H23N3O4S.2C2HF3O2/c20-16(21)14-5-1-2-6-15(14)18-8-10-19(11-9-18)24(22,23)13-4-3-7-17-12-13;2*3-2(4,5)1(6)7/h3-4,7,12,14-15H,1-2,5-6,8-11H2,(H,20,21);2*(H,6,7). The van der Waals surface area contributed by atoms with E-state index in [9.17, 15) is 44.7 Å². The lowest BCUT2D eigenvalue weighted by atomic mass is 9.83. The summed E-state index contributed by atoms with van der Waals surface area (Å²) in [6, 6.07) is 3.19. The van der Waals surface area contributed by atoms with Gasteiger partial charge in [0.15, 0.2) is 0 Å². The van der Waals surface area contributed by atoms with Gasteiger partial charge in [-0.2, -0.15) is 30.6 Å². The second-order valence-corrected chi connectivity index (χ2v) is 9.97. The first-order valence-electron chi connectivity index (χ1n) is 10.9. The summed E-state index contributed by atoms with van der Waals surface area (Å²) in [4.78, 5) is 35.5. The number of aliphatic carboxylic acids is 3. The van der Waals surface area contributed by atoms with Crippen LogP contribution < -0.4 is 0 Å². The molecule has 0 radical (unpaired) electrons. The van der Waals surface area contributed by atoms with Crippen LogP contribution in [-0.4, -0.2) is 100 Å². The third kappa shape index (κ3) is 10.1. The summed E-state index contributed by atoms with van der Waals surface area (Å²) in [5, 5.41) is 23.7. The highest BCUT2D eigenvalue weighted by Crippen LogP contribution is 2.30. The highest BCUT2D eigenvalue weighted by atomic mass is 32.2. The number of pyridine rings is 1. The molecule has 2 heterocycles. The number of sulfonamides is 1. The van der Waals surface area contributed by atoms with E-state index in [4.69, 9.17) is 19.8 Å². The molecule has 0 amide bonds. The fraction of sp³-hybridized carbons (Fsp3) is 0.600. The lowest BCUT2D eigenvalue weighted by Gasteiger charge is -2.42. The minimum atomic E-state index is -5.08. The highest BCUT2D eigenvalue weighted by Gasteiger charge is 2.39. The van der Waals surface area contributed by atoms with Crippen molar-refractivity contribution in [3.05, 3.63) is 24.5 Å². The normalized spacial score (nSPS) is 21.2. The van der Waals surface area contributed by atoms with E-state index in [1.165, 1.54) is 10.5 Å². The first-order chi connectivity index (χ1) is 17.4. The van der Waals surface area contributed by atoms with Crippen LogP contribution in [0, 0.1) is 5.92 Å². The quantitative estimate of drug-likeness (QED) is 0.449. The molecule has 2 aliphatic rings. The summed E-state index contributed by atoms with van der Waals surface area (Å²) in [7, 11) is -3.52. The number of rotatable bonds is 4. The number of hydrogen-bond donors (Lipinski definition) is 3. The summed E-state index contributed by atoms with van der Waals surface area (Å²) in [6.45, 7) is 1.93. The van der Waals surface area contributed by atoms with Gasteiger partial charge in [-0.1, -0.05) is 12.8 Å². The van der Waals surface area contributed by atoms with Crippen LogP contribution in [0.5, 0.6) is 0 Å². The number of carboxylic acid groups (broad SMARTS) is 3. The maximum atomic E-state index is 12.6. The monoisotopic (exact) mass is 581 g/mol. The molecule has 3 N–H and O–H groups in total. The van der Waals surface area contributed by atoms with E-state index in [1.54, 1.807) is 18.3 Å². The minimum Gasteiger partial charge on any atom is -0.481 e. The second-order valence-electron chi connectivity index (χ2n) is 8.03. The molecule has 0 spiro atoms. The first-order valence-corrected chi connectivity index (χ1v) is 12.3. The predicted molar refractivity (Wildman–Crippen MR) is 115 cm³/mol. The van der Waals surface area contributed by atoms with Crippen molar-refractivity contribution >= 4 is 27.9 Å². The molecule has 2 atom stereocenters. The number of nitrogens with zero attached hydrogens (tertiary/aromatic N) is 3. The molecule has 216 valence electrons. The molecule has 1 aliphatic carbocycles. The number of carboxylic acids is 3. The molecular weight excluding hydrogens is 556 g/mol. The Morgan fingerprint density at radius 3 is 1.74 bits per heavy atom. The van der Waals surface area contributed by atoms with Gasteiger partial charge >= 0.3 is 30.3 Å². The van der Waals surface area contributed by atoms with Crippen molar-refractivity contribution in [1.82, 2.24) is 14.2 Å². The van der Waals surface area contributed by atoms with Gasteiger partial charge in [0.2, 0.25) is 10.0 Å². The lowest BCUT2D eigenvalue weighted by Crippen LogP contribution is -2.55. The number of aromatic nitrogens is 1. The molecular formula is C20H25F6N3O8S. The summed E-state index contributed by atoms with van der Waals surface area (Å²) in [5.74, 6) is -6.58. The first kappa shape index (κ1) is 33.0. The Bertz CT molecular complexity index is 1020. The molecule has 1 aromatic rings. The molecule has 2 fully saturated rings. The zero-order valence-corrected chi connectivity index (χ0v) is 20.3. The van der Waals surface area contributed by atoms with E-state index in [0.29, 0.717) is 32.6 Å². The van der Waals surface area contributed by atoms with Gasteiger partial charge in [-0.15, -0.1) is 0 Å². The van der Waals surface area contributed by atoms with Gasteiger partial charge in [0.1, 0.15) is 4.90 Å². The number of carbonyl (C=O) groups is 3. The van der Waals surface area contributed by atoms with E-state index < -0.39 is 40.3 Å². The van der Waals surface area contributed by atoms with Crippen molar-refractivity contribution < 1.29 is 64.5 Å². The van der Waals surface area contributed by atoms with Crippen LogP contribution >= 0.6 is 0 Å². The smallest absolute Gasteiger partial charge is 0.481 e. The van der Waals surface area contributed by atoms with Crippen LogP contribution in [0.1, 0.15) is 25.7 Å². The summed E-state index contributed by atoms with van der Waals surface area (Å²) in [5.41, 5.74) is 0. The van der Waals surface area contributed by atoms with Crippen molar-refractivity contribution in [2.75, 3.05) is 26.2 Å². The Morgan fingerprint density at radius 2 is 1.34 bits per heavy atom. The lowest BCUT2D eigenvalue weighted by molar-refractivity contribution is -0.193. The molecule has 1 aromatic heterocycles. The average molecular weight is 581 g/mol. The van der Waals surface area contributed by atoms with Crippen LogP contribution in [0.2, 0.25) is 0 Å². The second kappa shape index (κ2) is 13.7. The summed E-state index contributed by atoms with van der Waals surface area (Å²) < 4.78 is 90.2. The zero-order valence-electron chi connectivity index (χ0n) is 19.5. The van der Waals surface area contributed by atoms with E-state index in [2.05, 4.69) is 9.88 Å². The summed E-state index contributed by atoms with van der Waals surface area (Å²) >= 11 is 0. The Hall–Kier alpha value is -2.99. The zero-order chi connectivity index (χ0) is 29.3. The average Bonchev–Trinajstić information content (AvgIpc) is 2.84. The molecule has 0 aromatic carbocycles. The molecule has 2 unspecified atom stereocenters. The van der Waals surface area contributed by atoms with Gasteiger partial charge in [0, 0.05) is 44.6 Å². The van der Waals surface area contributed by atoms with E-state index in [-0.39, 0.29) is 16.9 Å². The summed E-state index contributed by atoms with van der Waals surface area (Å²) in [6.07, 6.45) is -3.65. The molecule has 3 rings (SSSR count). The number of alkyl halides is 6. The van der Waals surface area contributed by atoms with Gasteiger partial charge in [-0.3, -0.25) is 14.7 Å². The maximum absolute atomic E-state index is 12.6. The molecule has 0 bridgehead atoms. The SMILES string of the molecule is O=C(O)C(F)(F)F.O=C(O)C(F)(F)F.O=C(O)C1CCCCC1N1CCN(S(=O)(=O)c2cccnc2)CC1. The van der Waals surface area contributed by atoms with Gasteiger partial charge in [-0.25, -0.2) is 18.0 Å². The molecule has 1 saturated carbocycles. The van der Waals surface area contributed by atoms with Crippen molar-refractivity contribution in [1.29, 1.82) is 0 Å². The molecule has 18 heteroatoms. The van der Waals surface area contributed by atoms with Crippen LogP contribution in [0.15, 0.2) is 29.4 Å². The van der Waals surface area contributed by atoms with Crippen LogP contribution in [0.4, 0.5) is 26.3 Å². The van der Waals surface area contributed by atoms with Gasteiger partial charge in [-0.05, 0) is 25.0 Å². The maximum Gasteiger partial charge on any atom is 0.490 e. The van der Waals surface area contributed by atoms with Crippen molar-refractivity contribution in [2.24, 2.45) is 5.92 Å². The fourth-order valence-corrected chi connectivity index (χ4v) is 5.15. The topological polar surface area (TPSA) is 165 Å². The number of halogens is 6. The number of piperazine rings is 1. The van der Waals surface area contributed by atoms with Crippen LogP contribution in [0.25, 0.3) is 0 Å². The predicted octanol–water partition coefficient (Wildman–Crippen LogP) is 2.30. The Labute approximate surface area is 212 Å². The molecule has 1 aliphatic heterocycles. The van der Waals surface area contributed by atoms with Crippen molar-refractivity contribution in [2.45, 2.75) is 49.0 Å². The minimum absolute atomic E-state index is 0.0273. The fourth-order valence-electron chi connectivity index (χ4n) is 3.76. The van der Waals surface area contributed by atoms with Gasteiger partial charge in [0.05, 0.1) is 5.92 Å². The third-order valence-electron chi connectivity index (χ3n) is 5.55. The Kier molecular flexibility index (Phi) is 11.9. The Morgan fingerprint density at radius 1 is 0.868 bits per heavy atom. The van der Waals surface area contributed by atoms with E-state index in [0.717, 1.165) is 19.3 Å². The van der Waals surface area contributed by atoms with Gasteiger partial charge < -0.3 is 15.3 Å².